The predicted molar refractivity (Wildman–Crippen MR) is 132 cm³/mol. The number of alkyl halides is 1. The van der Waals surface area contributed by atoms with E-state index in [0.29, 0.717) is 31.6 Å². The largest absolute Gasteiger partial charge is 0.380 e. The number of aromatic amines is 1. The lowest BCUT2D eigenvalue weighted by Gasteiger charge is -2.40. The topological polar surface area (TPSA) is 94.4 Å². The molecule has 0 aromatic carbocycles. The lowest BCUT2D eigenvalue weighted by molar-refractivity contribution is 0.00501. The minimum atomic E-state index is -1.21. The van der Waals surface area contributed by atoms with Crippen LogP contribution in [0.25, 0.3) is 0 Å². The summed E-state index contributed by atoms with van der Waals surface area (Å²) in [7, 11) is 1.49. The number of hydrogen-bond acceptors (Lipinski definition) is 5. The highest BCUT2D eigenvalue weighted by molar-refractivity contribution is 5.95. The second kappa shape index (κ2) is 9.81. The van der Waals surface area contributed by atoms with Gasteiger partial charge in [0.15, 0.2) is 0 Å². The molecule has 0 bridgehead atoms. The number of H-pyrrole nitrogens is 1. The standard InChI is InChI=1S/C26H34FN5O3/c1-5-26(27)9-12-30(15-18(26)3)25(34)21-13-19-7-6-10-31(23(19)29-21)20-8-11-32(22(28)14-20)24(33)17(2)16-35-4/h8,11,13-14,18,28-29H,2,5-7,9-10,12,15-16H2,1,3-4H3. The Labute approximate surface area is 204 Å². The van der Waals surface area contributed by atoms with Crippen LogP contribution in [0.2, 0.25) is 0 Å². The molecular formula is C26H34FN5O3. The molecule has 2 N–H and O–H groups in total. The highest BCUT2D eigenvalue weighted by Crippen LogP contribution is 2.36. The van der Waals surface area contributed by atoms with Gasteiger partial charge in [-0.2, -0.15) is 0 Å². The van der Waals surface area contributed by atoms with E-state index < -0.39 is 5.67 Å². The molecule has 2 aliphatic heterocycles. The Bertz CT molecular complexity index is 1200. The van der Waals surface area contributed by atoms with Crippen LogP contribution < -0.4 is 10.4 Å². The normalized spacial score (nSPS) is 22.1. The first kappa shape index (κ1) is 24.9. The predicted octanol–water partition coefficient (Wildman–Crippen LogP) is 3.82. The van der Waals surface area contributed by atoms with Crippen molar-refractivity contribution in [1.82, 2.24) is 14.5 Å². The Kier molecular flexibility index (Phi) is 6.98. The van der Waals surface area contributed by atoms with Crippen molar-refractivity contribution in [2.75, 3.05) is 38.3 Å². The van der Waals surface area contributed by atoms with Crippen LogP contribution in [0.15, 0.2) is 36.5 Å². The van der Waals surface area contributed by atoms with Crippen LogP contribution in [-0.4, -0.2) is 65.3 Å². The first-order valence-corrected chi connectivity index (χ1v) is 12.1. The number of halogens is 1. The number of methoxy groups -OCH3 is 1. The summed E-state index contributed by atoms with van der Waals surface area (Å²) in [6, 6.07) is 5.31. The molecular weight excluding hydrogens is 449 g/mol. The molecule has 4 heterocycles. The van der Waals surface area contributed by atoms with Crippen molar-refractivity contribution in [2.24, 2.45) is 5.92 Å². The maximum Gasteiger partial charge on any atom is 0.270 e. The number of nitrogens with zero attached hydrogens (tertiary/aromatic N) is 3. The molecule has 0 saturated carbocycles. The van der Waals surface area contributed by atoms with Crippen LogP contribution >= 0.6 is 0 Å². The van der Waals surface area contributed by atoms with Crippen LogP contribution in [0.4, 0.5) is 15.9 Å². The first-order valence-electron chi connectivity index (χ1n) is 12.1. The summed E-state index contributed by atoms with van der Waals surface area (Å²) in [5.41, 5.74) is 1.38. The van der Waals surface area contributed by atoms with Gasteiger partial charge in [0.25, 0.3) is 11.8 Å². The van der Waals surface area contributed by atoms with E-state index in [4.69, 9.17) is 10.1 Å². The van der Waals surface area contributed by atoms with E-state index in [1.165, 1.54) is 11.7 Å². The van der Waals surface area contributed by atoms with Crippen molar-refractivity contribution >= 4 is 23.3 Å². The van der Waals surface area contributed by atoms with Gasteiger partial charge in [-0.25, -0.2) is 4.39 Å². The number of carbonyl (C=O) groups excluding carboxylic acids is 2. The van der Waals surface area contributed by atoms with E-state index in [9.17, 15) is 14.0 Å². The summed E-state index contributed by atoms with van der Waals surface area (Å²) in [6.45, 7) is 9.09. The molecule has 1 amide bonds. The minimum Gasteiger partial charge on any atom is -0.380 e. The van der Waals surface area contributed by atoms with E-state index in [-0.39, 0.29) is 35.4 Å². The maximum absolute atomic E-state index is 15.0. The second-order valence-corrected chi connectivity index (χ2v) is 9.58. The Balaban J connectivity index is 1.56. The molecule has 2 atom stereocenters. The van der Waals surface area contributed by atoms with Crippen molar-refractivity contribution in [1.29, 1.82) is 5.41 Å². The fraction of sp³-hybridized carbons (Fsp3) is 0.500. The fourth-order valence-corrected chi connectivity index (χ4v) is 5.10. The molecule has 4 rings (SSSR count). The van der Waals surface area contributed by atoms with Crippen molar-refractivity contribution in [2.45, 2.75) is 45.2 Å². The number of anilines is 2. The smallest absolute Gasteiger partial charge is 0.270 e. The summed E-state index contributed by atoms with van der Waals surface area (Å²) >= 11 is 0. The number of carbonyl (C=O) groups is 2. The van der Waals surface area contributed by atoms with Crippen molar-refractivity contribution in [3.8, 4) is 0 Å². The number of rotatable bonds is 6. The van der Waals surface area contributed by atoms with Gasteiger partial charge in [-0.05, 0) is 43.4 Å². The van der Waals surface area contributed by atoms with Gasteiger partial charge in [-0.15, -0.1) is 0 Å². The molecule has 8 nitrogen and oxygen atoms in total. The summed E-state index contributed by atoms with van der Waals surface area (Å²) in [5.74, 6) is 0.121. The summed E-state index contributed by atoms with van der Waals surface area (Å²) in [6.07, 6.45) is 4.12. The SMILES string of the molecule is C=C(COC)C(=O)n1ccc(N2CCCc3cc(C(=O)N4CCC(F)(CC)C(C)C4)[nH]c32)cc1=N. The Morgan fingerprint density at radius 2 is 2.11 bits per heavy atom. The zero-order chi connectivity index (χ0) is 25.3. The Morgan fingerprint density at radius 3 is 2.77 bits per heavy atom. The number of pyridine rings is 1. The lowest BCUT2D eigenvalue weighted by Crippen LogP contribution is -2.50. The van der Waals surface area contributed by atoms with Crippen LogP contribution in [0.3, 0.4) is 0 Å². The highest BCUT2D eigenvalue weighted by atomic mass is 19.1. The van der Waals surface area contributed by atoms with Crippen LogP contribution in [0.1, 0.15) is 54.0 Å². The van der Waals surface area contributed by atoms with Gasteiger partial charge in [0.2, 0.25) is 0 Å². The second-order valence-electron chi connectivity index (χ2n) is 9.58. The monoisotopic (exact) mass is 483 g/mol. The molecule has 188 valence electrons. The third-order valence-electron chi connectivity index (χ3n) is 7.34. The first-order chi connectivity index (χ1) is 16.7. The molecule has 0 aliphatic carbocycles. The average molecular weight is 484 g/mol. The number of amides is 1. The van der Waals surface area contributed by atoms with E-state index in [1.807, 2.05) is 24.8 Å². The summed E-state index contributed by atoms with van der Waals surface area (Å²) in [5, 5.41) is 8.38. The summed E-state index contributed by atoms with van der Waals surface area (Å²) < 4.78 is 21.2. The maximum atomic E-state index is 15.0. The van der Waals surface area contributed by atoms with Gasteiger partial charge >= 0.3 is 0 Å². The third-order valence-corrected chi connectivity index (χ3v) is 7.34. The number of ether oxygens (including phenoxy) is 1. The molecule has 2 aromatic rings. The van der Waals surface area contributed by atoms with Gasteiger partial charge in [0.05, 0.1) is 6.61 Å². The van der Waals surface area contributed by atoms with E-state index in [2.05, 4.69) is 11.6 Å². The number of fused-ring (bicyclic) bond motifs is 1. The highest BCUT2D eigenvalue weighted by Gasteiger charge is 2.41. The molecule has 2 aliphatic rings. The van der Waals surface area contributed by atoms with Gasteiger partial charge in [0.1, 0.15) is 22.7 Å². The fourth-order valence-electron chi connectivity index (χ4n) is 5.10. The quantitative estimate of drug-likeness (QED) is 0.611. The number of piperidine rings is 1. The average Bonchev–Trinajstić information content (AvgIpc) is 3.29. The summed E-state index contributed by atoms with van der Waals surface area (Å²) in [4.78, 5) is 32.9. The van der Waals surface area contributed by atoms with Crippen LogP contribution in [0, 0.1) is 11.3 Å². The molecule has 2 aromatic heterocycles. The molecule has 2 unspecified atom stereocenters. The molecule has 0 spiro atoms. The Hall–Kier alpha value is -3.20. The number of aryl methyl sites for hydroxylation is 1. The minimum absolute atomic E-state index is 0.0349. The van der Waals surface area contributed by atoms with Gasteiger partial charge in [0, 0.05) is 56.2 Å². The van der Waals surface area contributed by atoms with Gasteiger partial charge < -0.3 is 19.5 Å². The zero-order valence-corrected chi connectivity index (χ0v) is 20.7. The number of likely N-dealkylation sites (tertiary alicyclic amines) is 1. The van der Waals surface area contributed by atoms with Gasteiger partial charge in [-0.3, -0.25) is 19.6 Å². The van der Waals surface area contributed by atoms with Crippen LogP contribution in [-0.2, 0) is 11.2 Å². The lowest BCUT2D eigenvalue weighted by atomic mass is 9.82. The van der Waals surface area contributed by atoms with Gasteiger partial charge in [-0.1, -0.05) is 20.4 Å². The number of aromatic nitrogens is 2. The van der Waals surface area contributed by atoms with E-state index in [0.717, 1.165) is 36.5 Å². The Morgan fingerprint density at radius 1 is 1.34 bits per heavy atom. The van der Waals surface area contributed by atoms with Crippen molar-refractivity contribution in [3.05, 3.63) is 53.3 Å². The van der Waals surface area contributed by atoms with E-state index >= 15 is 0 Å². The molecule has 9 heteroatoms. The van der Waals surface area contributed by atoms with Crippen LogP contribution in [0.5, 0.6) is 0 Å². The van der Waals surface area contributed by atoms with E-state index in [1.54, 1.807) is 23.2 Å². The molecule has 1 saturated heterocycles. The zero-order valence-electron chi connectivity index (χ0n) is 20.7. The molecule has 35 heavy (non-hydrogen) atoms. The molecule has 1 fully saturated rings. The van der Waals surface area contributed by atoms with Crippen molar-refractivity contribution in [3.63, 3.8) is 0 Å². The number of nitrogens with one attached hydrogen (secondary N) is 2. The third kappa shape index (κ3) is 4.69. The van der Waals surface area contributed by atoms with Crippen molar-refractivity contribution < 1.29 is 18.7 Å². The molecule has 0 radical (unpaired) electrons. The number of hydrogen-bond donors (Lipinski definition) is 2.